The number of piperidine rings is 1. The van der Waals surface area contributed by atoms with E-state index in [1.807, 2.05) is 0 Å². The molecule has 0 aromatic heterocycles. The largest absolute Gasteiger partial charge is 0.300 e. The van der Waals surface area contributed by atoms with E-state index in [0.717, 1.165) is 12.0 Å². The fourth-order valence-electron chi connectivity index (χ4n) is 3.69. The summed E-state index contributed by atoms with van der Waals surface area (Å²) in [5.74, 6) is 1.03. The van der Waals surface area contributed by atoms with E-state index in [4.69, 9.17) is 11.6 Å². The Kier molecular flexibility index (Phi) is 6.31. The third kappa shape index (κ3) is 4.42. The summed E-state index contributed by atoms with van der Waals surface area (Å²) in [6, 6.07) is 0.858. The number of alkyl halides is 1. The zero-order valence-corrected chi connectivity index (χ0v) is 12.8. The Hall–Kier alpha value is 0.250. The zero-order valence-electron chi connectivity index (χ0n) is 12.0. The van der Waals surface area contributed by atoms with Crippen LogP contribution in [0, 0.1) is 5.92 Å². The van der Waals surface area contributed by atoms with Gasteiger partial charge in [-0.3, -0.25) is 0 Å². The van der Waals surface area contributed by atoms with Crippen molar-refractivity contribution in [1.29, 1.82) is 0 Å². The molecule has 0 aromatic carbocycles. The van der Waals surface area contributed by atoms with Crippen molar-refractivity contribution in [2.45, 2.75) is 82.6 Å². The van der Waals surface area contributed by atoms with Crippen molar-refractivity contribution < 1.29 is 0 Å². The van der Waals surface area contributed by atoms with Gasteiger partial charge in [-0.1, -0.05) is 32.6 Å². The highest BCUT2D eigenvalue weighted by Gasteiger charge is 2.27. The lowest BCUT2D eigenvalue weighted by Gasteiger charge is -2.40. The van der Waals surface area contributed by atoms with E-state index in [9.17, 15) is 0 Å². The van der Waals surface area contributed by atoms with Gasteiger partial charge in [0.2, 0.25) is 0 Å². The van der Waals surface area contributed by atoms with Crippen molar-refractivity contribution in [2.24, 2.45) is 5.92 Å². The molecular weight excluding hydrogens is 242 g/mol. The van der Waals surface area contributed by atoms with Gasteiger partial charge < -0.3 is 4.90 Å². The summed E-state index contributed by atoms with van der Waals surface area (Å²) in [6.07, 6.45) is 13.8. The monoisotopic (exact) mass is 271 g/mol. The average Bonchev–Trinajstić information content (AvgIpc) is 2.41. The van der Waals surface area contributed by atoms with Crippen molar-refractivity contribution in [3.8, 4) is 0 Å². The highest BCUT2D eigenvalue weighted by Crippen LogP contribution is 2.30. The van der Waals surface area contributed by atoms with Crippen LogP contribution >= 0.6 is 11.6 Å². The summed E-state index contributed by atoms with van der Waals surface area (Å²) in [4.78, 5) is 2.76. The van der Waals surface area contributed by atoms with Crippen LogP contribution in [0.15, 0.2) is 0 Å². The van der Waals surface area contributed by atoms with Gasteiger partial charge in [-0.25, -0.2) is 0 Å². The first-order chi connectivity index (χ1) is 8.79. The van der Waals surface area contributed by atoms with Gasteiger partial charge in [-0.15, -0.1) is 11.6 Å². The molecular formula is C16H30ClN. The van der Waals surface area contributed by atoms with Gasteiger partial charge in [0, 0.05) is 11.4 Å². The number of hydrogen-bond acceptors (Lipinski definition) is 1. The third-order valence-electron chi connectivity index (χ3n) is 5.01. The molecule has 0 aromatic rings. The Labute approximate surface area is 118 Å². The van der Waals surface area contributed by atoms with E-state index in [0.29, 0.717) is 5.38 Å². The molecule has 1 aliphatic heterocycles. The van der Waals surface area contributed by atoms with E-state index in [1.54, 1.807) is 0 Å². The van der Waals surface area contributed by atoms with E-state index < -0.39 is 0 Å². The molecule has 106 valence electrons. The molecule has 2 heteroatoms. The van der Waals surface area contributed by atoms with Crippen LogP contribution in [0.5, 0.6) is 0 Å². The molecule has 1 aliphatic carbocycles. The molecule has 0 amide bonds. The Balaban J connectivity index is 1.63. The molecule has 1 saturated heterocycles. The fraction of sp³-hybridized carbons (Fsp3) is 1.00. The van der Waals surface area contributed by atoms with Crippen molar-refractivity contribution in [3.05, 3.63) is 0 Å². The molecule has 0 spiro atoms. The Morgan fingerprint density at radius 2 is 1.61 bits per heavy atom. The summed E-state index contributed by atoms with van der Waals surface area (Å²) in [6.45, 7) is 5.01. The van der Waals surface area contributed by atoms with Crippen LogP contribution in [0.3, 0.4) is 0 Å². The predicted molar refractivity (Wildman–Crippen MR) is 80.3 cm³/mol. The van der Waals surface area contributed by atoms with Crippen LogP contribution in [0.1, 0.15) is 71.1 Å². The maximum atomic E-state index is 6.20. The second-order valence-electron chi connectivity index (χ2n) is 6.38. The lowest BCUT2D eigenvalue weighted by atomic mass is 9.88. The minimum absolute atomic E-state index is 0.466. The first kappa shape index (κ1) is 14.7. The SMILES string of the molecule is CCCCCC1CCN(C2CCC(Cl)CC2)CC1. The van der Waals surface area contributed by atoms with E-state index in [2.05, 4.69) is 11.8 Å². The standard InChI is InChI=1S/C16H30ClN/c1-2-3-4-5-14-10-12-18(13-11-14)16-8-6-15(17)7-9-16/h14-16H,2-13H2,1H3. The maximum Gasteiger partial charge on any atom is 0.0337 e. The molecule has 0 radical (unpaired) electrons. The molecule has 1 saturated carbocycles. The smallest absolute Gasteiger partial charge is 0.0337 e. The molecule has 0 bridgehead atoms. The van der Waals surface area contributed by atoms with Crippen LogP contribution < -0.4 is 0 Å². The number of nitrogens with zero attached hydrogens (tertiary/aromatic N) is 1. The Bertz CT molecular complexity index is 215. The summed E-state index contributed by atoms with van der Waals surface area (Å²) in [5.41, 5.74) is 0. The van der Waals surface area contributed by atoms with Crippen molar-refractivity contribution in [2.75, 3.05) is 13.1 Å². The third-order valence-corrected chi connectivity index (χ3v) is 5.44. The summed E-state index contributed by atoms with van der Waals surface area (Å²) in [5, 5.41) is 0.466. The first-order valence-electron chi connectivity index (χ1n) is 8.17. The topological polar surface area (TPSA) is 3.24 Å². The van der Waals surface area contributed by atoms with Crippen molar-refractivity contribution >= 4 is 11.6 Å². The Morgan fingerprint density at radius 3 is 2.22 bits per heavy atom. The van der Waals surface area contributed by atoms with Gasteiger partial charge in [0.1, 0.15) is 0 Å². The lowest BCUT2D eigenvalue weighted by Crippen LogP contribution is -2.43. The van der Waals surface area contributed by atoms with E-state index in [1.165, 1.54) is 77.3 Å². The maximum absolute atomic E-state index is 6.20. The highest BCUT2D eigenvalue weighted by molar-refractivity contribution is 6.20. The van der Waals surface area contributed by atoms with E-state index >= 15 is 0 Å². The van der Waals surface area contributed by atoms with Gasteiger partial charge >= 0.3 is 0 Å². The van der Waals surface area contributed by atoms with Crippen molar-refractivity contribution in [1.82, 2.24) is 4.90 Å². The minimum Gasteiger partial charge on any atom is -0.300 e. The molecule has 2 aliphatic rings. The van der Waals surface area contributed by atoms with Gasteiger partial charge in [0.25, 0.3) is 0 Å². The number of unbranched alkanes of at least 4 members (excludes halogenated alkanes) is 2. The zero-order chi connectivity index (χ0) is 12.8. The highest BCUT2D eigenvalue weighted by atomic mass is 35.5. The van der Waals surface area contributed by atoms with Gasteiger partial charge in [-0.05, 0) is 57.5 Å². The Morgan fingerprint density at radius 1 is 0.944 bits per heavy atom. The van der Waals surface area contributed by atoms with Crippen LogP contribution in [-0.2, 0) is 0 Å². The van der Waals surface area contributed by atoms with Crippen LogP contribution in [-0.4, -0.2) is 29.4 Å². The number of rotatable bonds is 5. The number of hydrogen-bond donors (Lipinski definition) is 0. The molecule has 1 heterocycles. The summed E-state index contributed by atoms with van der Waals surface area (Å²) < 4.78 is 0. The number of halogens is 1. The summed E-state index contributed by atoms with van der Waals surface area (Å²) in [7, 11) is 0. The molecule has 18 heavy (non-hydrogen) atoms. The van der Waals surface area contributed by atoms with Gasteiger partial charge in [-0.2, -0.15) is 0 Å². The molecule has 0 atom stereocenters. The normalized spacial score (nSPS) is 31.7. The average molecular weight is 272 g/mol. The van der Waals surface area contributed by atoms with Gasteiger partial charge in [0.15, 0.2) is 0 Å². The summed E-state index contributed by atoms with van der Waals surface area (Å²) >= 11 is 6.20. The second kappa shape index (κ2) is 7.75. The van der Waals surface area contributed by atoms with E-state index in [-0.39, 0.29) is 0 Å². The predicted octanol–water partition coefficient (Wildman–Crippen LogP) is 4.83. The van der Waals surface area contributed by atoms with Gasteiger partial charge in [0.05, 0.1) is 0 Å². The van der Waals surface area contributed by atoms with Crippen LogP contribution in [0.4, 0.5) is 0 Å². The second-order valence-corrected chi connectivity index (χ2v) is 7.00. The lowest BCUT2D eigenvalue weighted by molar-refractivity contribution is 0.104. The molecule has 0 unspecified atom stereocenters. The fourth-order valence-corrected chi connectivity index (χ4v) is 3.94. The van der Waals surface area contributed by atoms with Crippen LogP contribution in [0.2, 0.25) is 0 Å². The molecule has 2 rings (SSSR count). The molecule has 1 nitrogen and oxygen atoms in total. The number of likely N-dealkylation sites (tertiary alicyclic amines) is 1. The molecule has 2 fully saturated rings. The first-order valence-corrected chi connectivity index (χ1v) is 8.61. The molecule has 0 N–H and O–H groups in total. The minimum atomic E-state index is 0.466. The van der Waals surface area contributed by atoms with Crippen LogP contribution in [0.25, 0.3) is 0 Å². The van der Waals surface area contributed by atoms with Crippen molar-refractivity contribution in [3.63, 3.8) is 0 Å². The quantitative estimate of drug-likeness (QED) is 0.511.